The van der Waals surface area contributed by atoms with Crippen molar-refractivity contribution in [3.63, 3.8) is 0 Å². The van der Waals surface area contributed by atoms with E-state index in [4.69, 9.17) is 11.6 Å². The van der Waals surface area contributed by atoms with Crippen LogP contribution in [0.5, 0.6) is 0 Å². The number of fused-ring (bicyclic) bond motifs is 1. The molecule has 0 bridgehead atoms. The van der Waals surface area contributed by atoms with Crippen molar-refractivity contribution in [2.24, 2.45) is 0 Å². The van der Waals surface area contributed by atoms with E-state index in [1.54, 1.807) is 41.0 Å². The van der Waals surface area contributed by atoms with Crippen molar-refractivity contribution in [1.29, 1.82) is 0 Å². The van der Waals surface area contributed by atoms with Crippen LogP contribution in [0.3, 0.4) is 0 Å². The van der Waals surface area contributed by atoms with Crippen LogP contribution in [0.25, 0.3) is 10.9 Å². The summed E-state index contributed by atoms with van der Waals surface area (Å²) in [6, 6.07) is 8.60. The van der Waals surface area contributed by atoms with Crippen LogP contribution in [0, 0.1) is 0 Å². The Morgan fingerprint density at radius 1 is 1.07 bits per heavy atom. The Morgan fingerprint density at radius 2 is 1.83 bits per heavy atom. The van der Waals surface area contributed by atoms with E-state index in [-0.39, 0.29) is 16.7 Å². The molecule has 0 amide bonds. The second kappa shape index (κ2) is 7.97. The molecule has 1 aliphatic heterocycles. The van der Waals surface area contributed by atoms with Gasteiger partial charge < -0.3 is 0 Å². The fourth-order valence-corrected chi connectivity index (χ4v) is 5.63. The number of halogens is 1. The summed E-state index contributed by atoms with van der Waals surface area (Å²) in [5.41, 5.74) is 1.51. The lowest BCUT2D eigenvalue weighted by atomic mass is 9.94. The monoisotopic (exact) mass is 430 g/mol. The van der Waals surface area contributed by atoms with E-state index < -0.39 is 10.0 Å². The van der Waals surface area contributed by atoms with Crippen LogP contribution in [-0.2, 0) is 10.0 Å². The minimum Gasteiger partial charge on any atom is -0.255 e. The van der Waals surface area contributed by atoms with Crippen LogP contribution in [0.1, 0.15) is 50.0 Å². The van der Waals surface area contributed by atoms with E-state index in [0.717, 1.165) is 24.4 Å². The first-order valence-electron chi connectivity index (χ1n) is 9.74. The second-order valence-electron chi connectivity index (χ2n) is 7.62. The Hall–Kier alpha value is -2.09. The molecule has 8 heteroatoms. The standard InChI is InChI=1S/C21H23ClN4O2S/c1-14(2)21-24-11-7-18(25-21)15-8-12-26(13-9-15)29(27,28)19-6-5-17(22)20-16(19)4-3-10-23-20/h3-7,10-11,14-15H,8-9,12-13H2,1-2H3. The van der Waals surface area contributed by atoms with Gasteiger partial charge >= 0.3 is 0 Å². The van der Waals surface area contributed by atoms with Crippen molar-refractivity contribution in [3.8, 4) is 0 Å². The van der Waals surface area contributed by atoms with Crippen molar-refractivity contribution < 1.29 is 8.42 Å². The highest BCUT2D eigenvalue weighted by molar-refractivity contribution is 7.89. The van der Waals surface area contributed by atoms with Gasteiger partial charge in [-0.1, -0.05) is 25.4 Å². The summed E-state index contributed by atoms with van der Waals surface area (Å²) in [5, 5.41) is 1.00. The van der Waals surface area contributed by atoms with Crippen molar-refractivity contribution in [2.75, 3.05) is 13.1 Å². The molecule has 0 N–H and O–H groups in total. The highest BCUT2D eigenvalue weighted by Gasteiger charge is 2.32. The molecular formula is C21H23ClN4O2S. The SMILES string of the molecule is CC(C)c1nccc(C2CCN(S(=O)(=O)c3ccc(Cl)c4ncccc34)CC2)n1. The molecule has 0 unspecified atom stereocenters. The molecule has 1 fully saturated rings. The van der Waals surface area contributed by atoms with Crippen LogP contribution in [0.4, 0.5) is 0 Å². The number of hydrogen-bond acceptors (Lipinski definition) is 5. The number of hydrogen-bond donors (Lipinski definition) is 0. The van der Waals surface area contributed by atoms with Gasteiger partial charge in [-0.25, -0.2) is 18.4 Å². The normalized spacial score (nSPS) is 16.6. The smallest absolute Gasteiger partial charge is 0.243 e. The van der Waals surface area contributed by atoms with Crippen LogP contribution < -0.4 is 0 Å². The number of rotatable bonds is 4. The Bertz CT molecular complexity index is 1140. The van der Waals surface area contributed by atoms with Gasteiger partial charge in [-0.05, 0) is 43.2 Å². The zero-order valence-corrected chi connectivity index (χ0v) is 18.0. The number of aromatic nitrogens is 3. The third kappa shape index (κ3) is 3.86. The zero-order valence-electron chi connectivity index (χ0n) is 16.4. The van der Waals surface area contributed by atoms with E-state index in [2.05, 4.69) is 28.8 Å². The minimum absolute atomic E-state index is 0.241. The lowest BCUT2D eigenvalue weighted by Crippen LogP contribution is -2.38. The first kappa shape index (κ1) is 20.2. The number of benzene rings is 1. The average molecular weight is 431 g/mol. The molecule has 0 spiro atoms. The topological polar surface area (TPSA) is 76.1 Å². The molecule has 4 rings (SSSR count). The van der Waals surface area contributed by atoms with E-state index in [9.17, 15) is 8.42 Å². The molecule has 0 aliphatic carbocycles. The molecule has 6 nitrogen and oxygen atoms in total. The third-order valence-corrected chi connectivity index (χ3v) is 7.64. The Morgan fingerprint density at radius 3 is 2.55 bits per heavy atom. The van der Waals surface area contributed by atoms with Crippen LogP contribution in [0.2, 0.25) is 5.02 Å². The molecule has 1 aromatic carbocycles. The maximum absolute atomic E-state index is 13.3. The summed E-state index contributed by atoms with van der Waals surface area (Å²) in [7, 11) is -3.63. The summed E-state index contributed by atoms with van der Waals surface area (Å²) in [5.74, 6) is 1.34. The van der Waals surface area contributed by atoms with E-state index in [1.807, 2.05) is 6.07 Å². The van der Waals surface area contributed by atoms with Gasteiger partial charge in [-0.2, -0.15) is 4.31 Å². The van der Waals surface area contributed by atoms with Gasteiger partial charge in [0.1, 0.15) is 5.82 Å². The summed E-state index contributed by atoms with van der Waals surface area (Å²) in [6.45, 7) is 5.05. The highest BCUT2D eigenvalue weighted by Crippen LogP contribution is 2.33. The van der Waals surface area contributed by atoms with Gasteiger partial charge in [0.2, 0.25) is 10.0 Å². The molecular weight excluding hydrogens is 408 g/mol. The van der Waals surface area contributed by atoms with Crippen LogP contribution in [-0.4, -0.2) is 40.8 Å². The molecule has 1 aliphatic rings. The fraction of sp³-hybridized carbons (Fsp3) is 0.381. The summed E-state index contributed by atoms with van der Waals surface area (Å²) in [4.78, 5) is 13.5. The fourth-order valence-electron chi connectivity index (χ4n) is 3.76. The molecule has 152 valence electrons. The zero-order chi connectivity index (χ0) is 20.6. The predicted molar refractivity (Wildman–Crippen MR) is 114 cm³/mol. The molecule has 0 atom stereocenters. The van der Waals surface area contributed by atoms with Gasteiger partial charge in [0.25, 0.3) is 0 Å². The second-order valence-corrected chi connectivity index (χ2v) is 9.93. The first-order chi connectivity index (χ1) is 13.9. The quantitative estimate of drug-likeness (QED) is 0.614. The Kier molecular flexibility index (Phi) is 5.55. The Balaban J connectivity index is 1.57. The van der Waals surface area contributed by atoms with Gasteiger partial charge in [0.05, 0.1) is 15.4 Å². The van der Waals surface area contributed by atoms with E-state index in [1.165, 1.54) is 0 Å². The molecule has 3 heterocycles. The molecule has 1 saturated heterocycles. The van der Waals surface area contributed by atoms with E-state index >= 15 is 0 Å². The van der Waals surface area contributed by atoms with Crippen molar-refractivity contribution >= 4 is 32.5 Å². The molecule has 3 aromatic rings. The van der Waals surface area contributed by atoms with Gasteiger partial charge in [-0.3, -0.25) is 4.98 Å². The summed E-state index contributed by atoms with van der Waals surface area (Å²) >= 11 is 6.20. The molecule has 0 radical (unpaired) electrons. The first-order valence-corrected chi connectivity index (χ1v) is 11.6. The van der Waals surface area contributed by atoms with E-state index in [0.29, 0.717) is 29.0 Å². The van der Waals surface area contributed by atoms with Crippen molar-refractivity contribution in [3.05, 3.63) is 59.3 Å². The largest absolute Gasteiger partial charge is 0.255 e. The molecule has 29 heavy (non-hydrogen) atoms. The number of piperidine rings is 1. The van der Waals surface area contributed by atoms with Gasteiger partial charge in [0, 0.05) is 48.4 Å². The Labute approximate surface area is 176 Å². The average Bonchev–Trinajstić information content (AvgIpc) is 2.74. The predicted octanol–water partition coefficient (Wildman–Crippen LogP) is 4.37. The maximum Gasteiger partial charge on any atom is 0.243 e. The van der Waals surface area contributed by atoms with Gasteiger partial charge in [-0.15, -0.1) is 0 Å². The number of nitrogens with zero attached hydrogens (tertiary/aromatic N) is 4. The van der Waals surface area contributed by atoms with Crippen molar-refractivity contribution in [2.45, 2.75) is 43.4 Å². The number of sulfonamides is 1. The van der Waals surface area contributed by atoms with Gasteiger partial charge in [0.15, 0.2) is 0 Å². The summed E-state index contributed by atoms with van der Waals surface area (Å²) in [6.07, 6.45) is 4.88. The lowest BCUT2D eigenvalue weighted by Gasteiger charge is -2.31. The molecule has 2 aromatic heterocycles. The van der Waals surface area contributed by atoms with Crippen LogP contribution in [0.15, 0.2) is 47.6 Å². The lowest BCUT2D eigenvalue weighted by molar-refractivity contribution is 0.316. The van der Waals surface area contributed by atoms with Crippen molar-refractivity contribution in [1.82, 2.24) is 19.3 Å². The van der Waals surface area contributed by atoms with Crippen LogP contribution >= 0.6 is 11.6 Å². The third-order valence-electron chi connectivity index (χ3n) is 5.38. The molecule has 0 saturated carbocycles. The number of pyridine rings is 1. The summed E-state index contributed by atoms with van der Waals surface area (Å²) < 4.78 is 28.2. The minimum atomic E-state index is -3.63. The highest BCUT2D eigenvalue weighted by atomic mass is 35.5. The maximum atomic E-state index is 13.3.